The van der Waals surface area contributed by atoms with Gasteiger partial charge in [-0.1, -0.05) is 206 Å². The Kier molecular flexibility index (Phi) is 38.3. The van der Waals surface area contributed by atoms with Crippen LogP contribution in [0, 0.1) is 0 Å². The zero-order valence-electron chi connectivity index (χ0n) is 39.2. The molecule has 0 aromatic carbocycles. The largest absolute Gasteiger partial charge is 0.394 e. The summed E-state index contributed by atoms with van der Waals surface area (Å²) in [7, 11) is 0. The molecular weight excluding hydrogens is 775 g/mol. The SMILES string of the molecule is CCCCCCCCCCCCCCCCCCCC/C=C/CCCC(O)C(O)C(COC1OC(CO)C(O)C(O)C1O)NC(=O)C(O)CCCCCCCCCCCCC. The normalized spacial score (nSPS) is 21.5. The standard InChI is InChI=1S/C50H97NO10/c1-3-5-7-9-11-13-15-16-17-18-19-20-21-22-23-24-25-26-28-29-31-33-35-37-42(53)45(55)41(40-60-50-48(58)47(57)46(56)44(39-52)61-50)51-49(59)43(54)38-36-34-32-30-27-14-12-10-8-6-4-2/h29,31,41-48,50,52-58H,3-28,30,32-40H2,1-2H3,(H,51,59)/b31-29+. The van der Waals surface area contributed by atoms with Gasteiger partial charge in [-0.15, -0.1) is 0 Å². The molecule has 1 aliphatic heterocycles. The summed E-state index contributed by atoms with van der Waals surface area (Å²) in [5.41, 5.74) is 0. The van der Waals surface area contributed by atoms with Crippen LogP contribution in [0.2, 0.25) is 0 Å². The number of allylic oxidation sites excluding steroid dienone is 2. The number of nitrogens with one attached hydrogen (secondary N) is 1. The zero-order chi connectivity index (χ0) is 44.8. The van der Waals surface area contributed by atoms with Crippen molar-refractivity contribution < 1.29 is 50.0 Å². The molecule has 8 N–H and O–H groups in total. The number of hydrogen-bond acceptors (Lipinski definition) is 10. The van der Waals surface area contributed by atoms with E-state index in [1.54, 1.807) is 0 Å². The van der Waals surface area contributed by atoms with Gasteiger partial charge in [-0.3, -0.25) is 4.79 Å². The first-order valence-electron chi connectivity index (χ1n) is 25.6. The predicted molar refractivity (Wildman–Crippen MR) is 247 cm³/mol. The van der Waals surface area contributed by atoms with E-state index in [4.69, 9.17) is 9.47 Å². The van der Waals surface area contributed by atoms with Gasteiger partial charge in [-0.05, 0) is 38.5 Å². The molecule has 0 radical (unpaired) electrons. The number of ether oxygens (including phenoxy) is 2. The van der Waals surface area contributed by atoms with E-state index in [1.807, 2.05) is 0 Å². The Morgan fingerprint density at radius 3 is 1.41 bits per heavy atom. The maximum atomic E-state index is 13.1. The van der Waals surface area contributed by atoms with E-state index >= 15 is 0 Å². The molecular formula is C50H97NO10. The maximum Gasteiger partial charge on any atom is 0.249 e. The Bertz CT molecular complexity index is 1000. The minimum atomic E-state index is -1.66. The van der Waals surface area contributed by atoms with Crippen LogP contribution >= 0.6 is 0 Å². The lowest BCUT2D eigenvalue weighted by Gasteiger charge is -2.40. The van der Waals surface area contributed by atoms with Crippen LogP contribution in [0.25, 0.3) is 0 Å². The highest BCUT2D eigenvalue weighted by atomic mass is 16.7. The van der Waals surface area contributed by atoms with Crippen molar-refractivity contribution in [2.75, 3.05) is 13.2 Å². The van der Waals surface area contributed by atoms with Gasteiger partial charge >= 0.3 is 0 Å². The molecule has 0 aliphatic carbocycles. The number of carbonyl (C=O) groups excluding carboxylic acids is 1. The highest BCUT2D eigenvalue weighted by molar-refractivity contribution is 5.80. The lowest BCUT2D eigenvalue weighted by Crippen LogP contribution is -2.60. The molecule has 1 amide bonds. The Balaban J connectivity index is 2.36. The number of carbonyl (C=O) groups is 1. The van der Waals surface area contributed by atoms with Crippen LogP contribution in [0.5, 0.6) is 0 Å². The highest BCUT2D eigenvalue weighted by Gasteiger charge is 2.44. The Hall–Kier alpha value is -1.15. The molecule has 0 aromatic rings. The topological polar surface area (TPSA) is 189 Å². The van der Waals surface area contributed by atoms with Gasteiger partial charge < -0.3 is 50.5 Å². The molecule has 0 spiro atoms. The second kappa shape index (κ2) is 40.4. The van der Waals surface area contributed by atoms with Gasteiger partial charge in [-0.25, -0.2) is 0 Å². The molecule has 9 atom stereocenters. The number of aliphatic hydroxyl groups excluding tert-OH is 7. The van der Waals surface area contributed by atoms with Crippen LogP contribution in [0.3, 0.4) is 0 Å². The average Bonchev–Trinajstić information content (AvgIpc) is 3.26. The maximum absolute atomic E-state index is 13.1. The quantitative estimate of drug-likeness (QED) is 0.0217. The number of unbranched alkanes of at least 4 members (excludes halogenated alkanes) is 29. The van der Waals surface area contributed by atoms with Crippen LogP contribution in [0.15, 0.2) is 12.2 Å². The molecule has 1 heterocycles. The van der Waals surface area contributed by atoms with Crippen molar-refractivity contribution in [3.05, 3.63) is 12.2 Å². The minimum absolute atomic E-state index is 0.258. The van der Waals surface area contributed by atoms with E-state index < -0.39 is 74.2 Å². The van der Waals surface area contributed by atoms with Crippen LogP contribution in [0.1, 0.15) is 232 Å². The number of aliphatic hydroxyl groups is 7. The first-order valence-corrected chi connectivity index (χ1v) is 25.6. The summed E-state index contributed by atoms with van der Waals surface area (Å²) in [5.74, 6) is -0.705. The first-order chi connectivity index (χ1) is 29.7. The minimum Gasteiger partial charge on any atom is -0.394 e. The lowest BCUT2D eigenvalue weighted by molar-refractivity contribution is -0.303. The number of amides is 1. The third kappa shape index (κ3) is 29.8. The summed E-state index contributed by atoms with van der Waals surface area (Å²) in [5, 5.41) is 75.7. The van der Waals surface area contributed by atoms with E-state index in [-0.39, 0.29) is 12.8 Å². The van der Waals surface area contributed by atoms with Gasteiger partial charge in [0.05, 0.1) is 25.4 Å². The third-order valence-corrected chi connectivity index (χ3v) is 12.6. The van der Waals surface area contributed by atoms with Crippen molar-refractivity contribution >= 4 is 5.91 Å². The highest BCUT2D eigenvalue weighted by Crippen LogP contribution is 2.23. The van der Waals surface area contributed by atoms with Crippen molar-refractivity contribution in [2.24, 2.45) is 0 Å². The summed E-state index contributed by atoms with van der Waals surface area (Å²) < 4.78 is 11.1. The average molecular weight is 872 g/mol. The molecule has 0 bridgehead atoms. The van der Waals surface area contributed by atoms with Gasteiger partial charge in [0.25, 0.3) is 0 Å². The van der Waals surface area contributed by atoms with Crippen LogP contribution in [0.4, 0.5) is 0 Å². The van der Waals surface area contributed by atoms with Crippen molar-refractivity contribution in [1.82, 2.24) is 5.32 Å². The molecule has 0 saturated carbocycles. The van der Waals surface area contributed by atoms with E-state index in [0.29, 0.717) is 12.8 Å². The molecule has 11 nitrogen and oxygen atoms in total. The van der Waals surface area contributed by atoms with Gasteiger partial charge in [0.2, 0.25) is 5.91 Å². The van der Waals surface area contributed by atoms with Crippen LogP contribution in [-0.2, 0) is 14.3 Å². The fourth-order valence-corrected chi connectivity index (χ4v) is 8.32. The van der Waals surface area contributed by atoms with Gasteiger partial charge in [0, 0.05) is 0 Å². The van der Waals surface area contributed by atoms with Crippen molar-refractivity contribution in [1.29, 1.82) is 0 Å². The molecule has 0 aromatic heterocycles. The number of hydrogen-bond donors (Lipinski definition) is 8. The second-order valence-corrected chi connectivity index (χ2v) is 18.2. The monoisotopic (exact) mass is 872 g/mol. The van der Waals surface area contributed by atoms with Gasteiger partial charge in [-0.2, -0.15) is 0 Å². The summed E-state index contributed by atoms with van der Waals surface area (Å²) >= 11 is 0. The van der Waals surface area contributed by atoms with Crippen molar-refractivity contribution in [2.45, 2.75) is 287 Å². The summed E-state index contributed by atoms with van der Waals surface area (Å²) in [6, 6.07) is -1.18. The molecule has 362 valence electrons. The molecule has 11 heteroatoms. The fourth-order valence-electron chi connectivity index (χ4n) is 8.32. The molecule has 61 heavy (non-hydrogen) atoms. The van der Waals surface area contributed by atoms with Gasteiger partial charge in [0.15, 0.2) is 6.29 Å². The second-order valence-electron chi connectivity index (χ2n) is 18.2. The number of rotatable bonds is 43. The Morgan fingerprint density at radius 2 is 0.967 bits per heavy atom. The summed E-state index contributed by atoms with van der Waals surface area (Å²) in [6.07, 6.45) is 32.8. The molecule has 1 fully saturated rings. The van der Waals surface area contributed by atoms with Crippen molar-refractivity contribution in [3.63, 3.8) is 0 Å². The van der Waals surface area contributed by atoms with Crippen molar-refractivity contribution in [3.8, 4) is 0 Å². The van der Waals surface area contributed by atoms with Crippen LogP contribution in [-0.4, -0.2) is 110 Å². The van der Waals surface area contributed by atoms with Crippen LogP contribution < -0.4 is 5.32 Å². The van der Waals surface area contributed by atoms with E-state index in [9.17, 15) is 40.5 Å². The summed E-state index contributed by atoms with van der Waals surface area (Å²) in [4.78, 5) is 13.1. The van der Waals surface area contributed by atoms with E-state index in [0.717, 1.165) is 38.5 Å². The fraction of sp³-hybridized carbons (Fsp3) is 0.940. The molecule has 1 aliphatic rings. The third-order valence-electron chi connectivity index (χ3n) is 12.6. The van der Waals surface area contributed by atoms with E-state index in [1.165, 1.54) is 154 Å². The van der Waals surface area contributed by atoms with Gasteiger partial charge in [0.1, 0.15) is 36.6 Å². The molecule has 1 saturated heterocycles. The molecule has 9 unspecified atom stereocenters. The summed E-state index contributed by atoms with van der Waals surface area (Å²) in [6.45, 7) is 3.43. The molecule has 1 rings (SSSR count). The first kappa shape index (κ1) is 57.9. The van der Waals surface area contributed by atoms with E-state index in [2.05, 4.69) is 31.3 Å². The Labute approximate surface area is 372 Å². The zero-order valence-corrected chi connectivity index (χ0v) is 39.2. The Morgan fingerprint density at radius 1 is 0.557 bits per heavy atom. The lowest BCUT2D eigenvalue weighted by atomic mass is 9.98. The smallest absolute Gasteiger partial charge is 0.249 e. The predicted octanol–water partition coefficient (Wildman–Crippen LogP) is 9.23.